The van der Waals surface area contributed by atoms with E-state index in [-0.39, 0.29) is 12.0 Å². The largest absolute Gasteiger partial charge is 0.368 e. The molecule has 15 heavy (non-hydrogen) atoms. The minimum atomic E-state index is -0.299. The third kappa shape index (κ3) is 2.53. The number of carbonyl (C=O) groups is 1. The van der Waals surface area contributed by atoms with Crippen molar-refractivity contribution >= 4 is 11.7 Å². The Labute approximate surface area is 88.7 Å². The SMILES string of the molecule is Cc1cccc(NC(=O)C2CCCO2)n1. The van der Waals surface area contributed by atoms with Crippen LogP contribution in [0.2, 0.25) is 0 Å². The smallest absolute Gasteiger partial charge is 0.254 e. The van der Waals surface area contributed by atoms with Gasteiger partial charge in [-0.3, -0.25) is 4.79 Å². The van der Waals surface area contributed by atoms with Crippen molar-refractivity contribution < 1.29 is 9.53 Å². The van der Waals surface area contributed by atoms with Gasteiger partial charge in [0.2, 0.25) is 0 Å². The molecule has 1 aromatic rings. The van der Waals surface area contributed by atoms with Gasteiger partial charge >= 0.3 is 0 Å². The van der Waals surface area contributed by atoms with Crippen LogP contribution in [0.15, 0.2) is 18.2 Å². The number of aryl methyl sites for hydroxylation is 1. The summed E-state index contributed by atoms with van der Waals surface area (Å²) in [5.41, 5.74) is 0.889. The van der Waals surface area contributed by atoms with Gasteiger partial charge in [0.15, 0.2) is 0 Å². The minimum absolute atomic E-state index is 0.0920. The van der Waals surface area contributed by atoms with E-state index in [1.807, 2.05) is 19.1 Å². The molecule has 80 valence electrons. The Morgan fingerprint density at radius 3 is 3.13 bits per heavy atom. The first-order chi connectivity index (χ1) is 7.25. The van der Waals surface area contributed by atoms with Crippen molar-refractivity contribution in [1.29, 1.82) is 0 Å². The zero-order chi connectivity index (χ0) is 10.7. The number of ether oxygens (including phenoxy) is 1. The number of pyridine rings is 1. The number of anilines is 1. The highest BCUT2D eigenvalue weighted by molar-refractivity contribution is 5.93. The highest BCUT2D eigenvalue weighted by Gasteiger charge is 2.23. The van der Waals surface area contributed by atoms with Crippen LogP contribution in [-0.2, 0) is 9.53 Å². The van der Waals surface area contributed by atoms with Crippen molar-refractivity contribution in [3.05, 3.63) is 23.9 Å². The van der Waals surface area contributed by atoms with Crippen LogP contribution in [0.25, 0.3) is 0 Å². The van der Waals surface area contributed by atoms with Gasteiger partial charge in [-0.05, 0) is 31.9 Å². The van der Waals surface area contributed by atoms with Crippen LogP contribution in [0.3, 0.4) is 0 Å². The number of aromatic nitrogens is 1. The summed E-state index contributed by atoms with van der Waals surface area (Å²) in [4.78, 5) is 15.8. The molecule has 2 heterocycles. The van der Waals surface area contributed by atoms with E-state index in [2.05, 4.69) is 10.3 Å². The molecule has 1 atom stereocenters. The average Bonchev–Trinajstić information content (AvgIpc) is 2.70. The van der Waals surface area contributed by atoms with Gasteiger partial charge in [-0.15, -0.1) is 0 Å². The molecule has 0 saturated carbocycles. The zero-order valence-corrected chi connectivity index (χ0v) is 8.69. The number of nitrogens with zero attached hydrogens (tertiary/aromatic N) is 1. The molecule has 1 aliphatic rings. The Morgan fingerprint density at radius 2 is 2.47 bits per heavy atom. The van der Waals surface area contributed by atoms with Gasteiger partial charge in [-0.2, -0.15) is 0 Å². The van der Waals surface area contributed by atoms with Gasteiger partial charge in [0, 0.05) is 12.3 Å². The van der Waals surface area contributed by atoms with Crippen LogP contribution in [0.1, 0.15) is 18.5 Å². The molecule has 0 aliphatic carbocycles. The monoisotopic (exact) mass is 206 g/mol. The van der Waals surface area contributed by atoms with Crippen molar-refractivity contribution in [1.82, 2.24) is 4.98 Å². The quantitative estimate of drug-likeness (QED) is 0.798. The molecular weight excluding hydrogens is 192 g/mol. The van der Waals surface area contributed by atoms with E-state index in [0.717, 1.165) is 18.5 Å². The van der Waals surface area contributed by atoms with Gasteiger partial charge in [0.1, 0.15) is 11.9 Å². The van der Waals surface area contributed by atoms with Crippen molar-refractivity contribution in [3.8, 4) is 0 Å². The number of hydrogen-bond donors (Lipinski definition) is 1. The third-order valence-corrected chi connectivity index (χ3v) is 2.36. The van der Waals surface area contributed by atoms with Crippen LogP contribution in [0.4, 0.5) is 5.82 Å². The fourth-order valence-corrected chi connectivity index (χ4v) is 1.60. The summed E-state index contributed by atoms with van der Waals surface area (Å²) in [5, 5.41) is 2.75. The Balaban J connectivity index is 1.99. The summed E-state index contributed by atoms with van der Waals surface area (Å²) in [6.07, 6.45) is 1.46. The molecule has 4 nitrogen and oxygen atoms in total. The molecule has 1 aliphatic heterocycles. The van der Waals surface area contributed by atoms with Gasteiger partial charge in [0.05, 0.1) is 0 Å². The highest BCUT2D eigenvalue weighted by Crippen LogP contribution is 2.14. The molecule has 0 bridgehead atoms. The fourth-order valence-electron chi connectivity index (χ4n) is 1.60. The Bertz CT molecular complexity index is 359. The molecule has 0 radical (unpaired) electrons. The number of amides is 1. The summed E-state index contributed by atoms with van der Waals surface area (Å²) < 4.78 is 5.28. The predicted molar refractivity (Wildman–Crippen MR) is 56.6 cm³/mol. The number of rotatable bonds is 2. The van der Waals surface area contributed by atoms with Crippen LogP contribution in [0.5, 0.6) is 0 Å². The lowest BCUT2D eigenvalue weighted by atomic mass is 10.2. The Hall–Kier alpha value is -1.42. The summed E-state index contributed by atoms with van der Waals surface area (Å²) in [5.74, 6) is 0.501. The topological polar surface area (TPSA) is 51.2 Å². The lowest BCUT2D eigenvalue weighted by molar-refractivity contribution is -0.124. The normalized spacial score (nSPS) is 20.2. The Kier molecular flexibility index (Phi) is 2.97. The third-order valence-electron chi connectivity index (χ3n) is 2.36. The predicted octanol–water partition coefficient (Wildman–Crippen LogP) is 1.51. The van der Waals surface area contributed by atoms with E-state index < -0.39 is 0 Å². The molecule has 4 heteroatoms. The molecule has 1 saturated heterocycles. The summed E-state index contributed by atoms with van der Waals surface area (Å²) in [6.45, 7) is 2.57. The van der Waals surface area contributed by atoms with Crippen LogP contribution in [-0.4, -0.2) is 23.6 Å². The highest BCUT2D eigenvalue weighted by atomic mass is 16.5. The first-order valence-electron chi connectivity index (χ1n) is 5.12. The maximum Gasteiger partial charge on any atom is 0.254 e. The van der Waals surface area contributed by atoms with E-state index in [4.69, 9.17) is 4.74 Å². The molecule has 1 amide bonds. The number of nitrogens with one attached hydrogen (secondary N) is 1. The lowest BCUT2D eigenvalue weighted by Gasteiger charge is -2.09. The zero-order valence-electron chi connectivity index (χ0n) is 8.69. The summed E-state index contributed by atoms with van der Waals surface area (Å²) in [7, 11) is 0. The molecule has 0 spiro atoms. The van der Waals surface area contributed by atoms with Crippen molar-refractivity contribution in [2.24, 2.45) is 0 Å². The molecule has 1 unspecified atom stereocenters. The average molecular weight is 206 g/mol. The fraction of sp³-hybridized carbons (Fsp3) is 0.455. The molecule has 1 fully saturated rings. The second kappa shape index (κ2) is 4.40. The molecule has 1 aromatic heterocycles. The maximum absolute atomic E-state index is 11.6. The van der Waals surface area contributed by atoms with Crippen molar-refractivity contribution in [2.75, 3.05) is 11.9 Å². The molecule has 2 rings (SSSR count). The first-order valence-corrected chi connectivity index (χ1v) is 5.12. The van der Waals surface area contributed by atoms with E-state index in [1.165, 1.54) is 0 Å². The van der Waals surface area contributed by atoms with Crippen LogP contribution >= 0.6 is 0 Å². The standard InChI is InChI=1S/C11H14N2O2/c1-8-4-2-6-10(12-8)13-11(14)9-5-3-7-15-9/h2,4,6,9H,3,5,7H2,1H3,(H,12,13,14). The summed E-state index contributed by atoms with van der Waals surface area (Å²) in [6, 6.07) is 5.54. The molecular formula is C11H14N2O2. The van der Waals surface area contributed by atoms with Gasteiger partial charge in [-0.1, -0.05) is 6.07 Å². The van der Waals surface area contributed by atoms with Crippen molar-refractivity contribution in [3.63, 3.8) is 0 Å². The van der Waals surface area contributed by atoms with E-state index in [9.17, 15) is 4.79 Å². The van der Waals surface area contributed by atoms with Gasteiger partial charge < -0.3 is 10.1 Å². The van der Waals surface area contributed by atoms with E-state index in [1.54, 1.807) is 6.07 Å². The Morgan fingerprint density at radius 1 is 1.60 bits per heavy atom. The van der Waals surface area contributed by atoms with E-state index in [0.29, 0.717) is 12.4 Å². The first kappa shape index (κ1) is 10.1. The second-order valence-electron chi connectivity index (χ2n) is 3.66. The minimum Gasteiger partial charge on any atom is -0.368 e. The number of carbonyl (C=O) groups excluding carboxylic acids is 1. The summed E-state index contributed by atoms with van der Waals surface area (Å²) >= 11 is 0. The lowest BCUT2D eigenvalue weighted by Crippen LogP contribution is -2.27. The van der Waals surface area contributed by atoms with Gasteiger partial charge in [0.25, 0.3) is 5.91 Å². The second-order valence-corrected chi connectivity index (χ2v) is 3.66. The van der Waals surface area contributed by atoms with Crippen molar-refractivity contribution in [2.45, 2.75) is 25.9 Å². The van der Waals surface area contributed by atoms with Crippen LogP contribution in [0, 0.1) is 6.92 Å². The maximum atomic E-state index is 11.6. The molecule has 0 aromatic carbocycles. The van der Waals surface area contributed by atoms with Crippen LogP contribution < -0.4 is 5.32 Å². The van der Waals surface area contributed by atoms with Gasteiger partial charge in [-0.25, -0.2) is 4.98 Å². The van der Waals surface area contributed by atoms with E-state index >= 15 is 0 Å². The number of hydrogen-bond acceptors (Lipinski definition) is 3. The molecule has 1 N–H and O–H groups in total.